The van der Waals surface area contributed by atoms with Crippen LogP contribution in [0.1, 0.15) is 15.9 Å². The Balaban J connectivity index is 1.40. The van der Waals surface area contributed by atoms with Crippen molar-refractivity contribution in [3.63, 3.8) is 0 Å². The molecule has 0 saturated carbocycles. The third-order valence-electron chi connectivity index (χ3n) is 4.68. The van der Waals surface area contributed by atoms with Crippen LogP contribution in [0.15, 0.2) is 103 Å². The molecule has 0 aliphatic heterocycles. The fourth-order valence-corrected chi connectivity index (χ4v) is 3.10. The van der Waals surface area contributed by atoms with Crippen LogP contribution in [-0.2, 0) is 0 Å². The van der Waals surface area contributed by atoms with Gasteiger partial charge in [0.05, 0.1) is 5.56 Å². The van der Waals surface area contributed by atoms with Crippen molar-refractivity contribution in [2.24, 2.45) is 0 Å². The Morgan fingerprint density at radius 3 is 2.19 bits per heavy atom. The minimum atomic E-state index is -1.01. The number of carbonyl (C=O) groups is 1. The standard InChI is InChI=1S/C28H20O4/c29-28(30)24-11-6-12-25(20-24)32-27-14-5-4-13-26(27)31-19-7-8-21-15-17-23(18-16-21)22-9-2-1-3-10-22/h1-6,9-18,20H,19H2,(H,29,30). The van der Waals surface area contributed by atoms with Gasteiger partial charge in [-0.1, -0.05) is 72.5 Å². The summed E-state index contributed by atoms with van der Waals surface area (Å²) >= 11 is 0. The molecule has 0 aromatic heterocycles. The molecule has 0 spiro atoms. The van der Waals surface area contributed by atoms with Gasteiger partial charge in [-0.3, -0.25) is 0 Å². The SMILES string of the molecule is O=C(O)c1cccc(Oc2ccccc2OCC#Cc2ccc(-c3ccccc3)cc2)c1. The first-order valence-corrected chi connectivity index (χ1v) is 10.1. The summed E-state index contributed by atoms with van der Waals surface area (Å²) in [5.74, 6) is 6.55. The van der Waals surface area contributed by atoms with Crippen LogP contribution in [-0.4, -0.2) is 17.7 Å². The second kappa shape index (κ2) is 10.0. The van der Waals surface area contributed by atoms with Crippen LogP contribution in [0, 0.1) is 11.8 Å². The molecule has 4 aromatic carbocycles. The first-order chi connectivity index (χ1) is 15.7. The quantitative estimate of drug-likeness (QED) is 0.373. The number of hydrogen-bond donors (Lipinski definition) is 1. The Morgan fingerprint density at radius 2 is 1.44 bits per heavy atom. The van der Waals surface area contributed by atoms with Gasteiger partial charge in [0, 0.05) is 5.56 Å². The van der Waals surface area contributed by atoms with Crippen molar-refractivity contribution in [2.45, 2.75) is 0 Å². The summed E-state index contributed by atoms with van der Waals surface area (Å²) in [5, 5.41) is 9.14. The van der Waals surface area contributed by atoms with E-state index in [0.29, 0.717) is 17.2 Å². The third-order valence-corrected chi connectivity index (χ3v) is 4.68. The molecule has 1 N–H and O–H groups in total. The zero-order valence-electron chi connectivity index (χ0n) is 17.2. The predicted octanol–water partition coefficient (Wildman–Crippen LogP) is 6.27. The van der Waals surface area contributed by atoms with Crippen LogP contribution in [0.4, 0.5) is 0 Å². The summed E-state index contributed by atoms with van der Waals surface area (Å²) < 4.78 is 11.6. The fraction of sp³-hybridized carbons (Fsp3) is 0.0357. The maximum Gasteiger partial charge on any atom is 0.335 e. The van der Waals surface area contributed by atoms with Crippen molar-refractivity contribution < 1.29 is 19.4 Å². The number of carboxylic acids is 1. The molecule has 4 rings (SSSR count). The molecular weight excluding hydrogens is 400 g/mol. The fourth-order valence-electron chi connectivity index (χ4n) is 3.10. The summed E-state index contributed by atoms with van der Waals surface area (Å²) in [6.45, 7) is 0.190. The van der Waals surface area contributed by atoms with Crippen LogP contribution >= 0.6 is 0 Å². The highest BCUT2D eigenvalue weighted by molar-refractivity contribution is 5.88. The molecule has 0 aliphatic rings. The largest absolute Gasteiger partial charge is 0.478 e. The zero-order valence-corrected chi connectivity index (χ0v) is 17.2. The van der Waals surface area contributed by atoms with E-state index in [0.717, 1.165) is 11.1 Å². The highest BCUT2D eigenvalue weighted by atomic mass is 16.5. The molecule has 4 nitrogen and oxygen atoms in total. The monoisotopic (exact) mass is 420 g/mol. The smallest absolute Gasteiger partial charge is 0.335 e. The lowest BCUT2D eigenvalue weighted by atomic mass is 10.0. The van der Waals surface area contributed by atoms with E-state index in [4.69, 9.17) is 14.6 Å². The van der Waals surface area contributed by atoms with Gasteiger partial charge in [-0.05, 0) is 53.6 Å². The van der Waals surface area contributed by atoms with Crippen molar-refractivity contribution in [3.05, 3.63) is 114 Å². The molecule has 0 atom stereocenters. The van der Waals surface area contributed by atoms with Crippen molar-refractivity contribution in [3.8, 4) is 40.2 Å². The number of carboxylic acid groups (broad SMARTS) is 1. The maximum absolute atomic E-state index is 11.2. The van der Waals surface area contributed by atoms with Crippen LogP contribution in [0.3, 0.4) is 0 Å². The Morgan fingerprint density at radius 1 is 0.750 bits per heavy atom. The van der Waals surface area contributed by atoms with E-state index in [1.807, 2.05) is 42.5 Å². The number of hydrogen-bond acceptors (Lipinski definition) is 3. The Labute approximate surface area is 186 Å². The first-order valence-electron chi connectivity index (χ1n) is 10.1. The molecule has 32 heavy (non-hydrogen) atoms. The lowest BCUT2D eigenvalue weighted by Crippen LogP contribution is -1.98. The number of para-hydroxylation sites is 2. The Bertz CT molecular complexity index is 1270. The summed E-state index contributed by atoms with van der Waals surface area (Å²) in [6, 6.07) is 31.8. The molecule has 0 heterocycles. The molecule has 0 saturated heterocycles. The van der Waals surface area contributed by atoms with Crippen molar-refractivity contribution in [1.29, 1.82) is 0 Å². The molecule has 156 valence electrons. The van der Waals surface area contributed by atoms with E-state index in [1.54, 1.807) is 24.3 Å². The van der Waals surface area contributed by atoms with Gasteiger partial charge in [-0.2, -0.15) is 0 Å². The van der Waals surface area contributed by atoms with Crippen LogP contribution in [0.25, 0.3) is 11.1 Å². The Hall–Kier alpha value is -4.49. The number of benzene rings is 4. The molecule has 4 heteroatoms. The summed E-state index contributed by atoms with van der Waals surface area (Å²) in [6.07, 6.45) is 0. The topological polar surface area (TPSA) is 55.8 Å². The second-order valence-corrected chi connectivity index (χ2v) is 6.92. The van der Waals surface area contributed by atoms with E-state index < -0.39 is 5.97 Å². The van der Waals surface area contributed by atoms with E-state index in [1.165, 1.54) is 17.7 Å². The minimum Gasteiger partial charge on any atom is -0.478 e. The zero-order chi connectivity index (χ0) is 22.2. The number of rotatable bonds is 6. The van der Waals surface area contributed by atoms with Crippen molar-refractivity contribution >= 4 is 5.97 Å². The average molecular weight is 420 g/mol. The minimum absolute atomic E-state index is 0.157. The van der Waals surface area contributed by atoms with Gasteiger partial charge < -0.3 is 14.6 Å². The lowest BCUT2D eigenvalue weighted by Gasteiger charge is -2.11. The highest BCUT2D eigenvalue weighted by Gasteiger charge is 2.08. The highest BCUT2D eigenvalue weighted by Crippen LogP contribution is 2.31. The van der Waals surface area contributed by atoms with Gasteiger partial charge >= 0.3 is 5.97 Å². The van der Waals surface area contributed by atoms with Gasteiger partial charge in [-0.15, -0.1) is 0 Å². The molecule has 0 aliphatic carbocycles. The van der Waals surface area contributed by atoms with Gasteiger partial charge in [0.15, 0.2) is 11.5 Å². The molecule has 0 radical (unpaired) electrons. The number of aromatic carboxylic acids is 1. The van der Waals surface area contributed by atoms with Crippen LogP contribution in [0.2, 0.25) is 0 Å². The van der Waals surface area contributed by atoms with E-state index >= 15 is 0 Å². The van der Waals surface area contributed by atoms with Gasteiger partial charge in [0.1, 0.15) is 12.4 Å². The molecule has 0 unspecified atom stereocenters. The molecule has 0 fully saturated rings. The summed E-state index contributed by atoms with van der Waals surface area (Å²) in [7, 11) is 0. The van der Waals surface area contributed by atoms with Gasteiger partial charge in [0.2, 0.25) is 0 Å². The second-order valence-electron chi connectivity index (χ2n) is 6.92. The maximum atomic E-state index is 11.2. The lowest BCUT2D eigenvalue weighted by molar-refractivity contribution is 0.0696. The van der Waals surface area contributed by atoms with Crippen molar-refractivity contribution in [1.82, 2.24) is 0 Å². The third kappa shape index (κ3) is 5.35. The molecule has 0 amide bonds. The molecule has 4 aromatic rings. The van der Waals surface area contributed by atoms with E-state index in [-0.39, 0.29) is 12.2 Å². The first kappa shape index (κ1) is 20.8. The van der Waals surface area contributed by atoms with E-state index in [9.17, 15) is 4.79 Å². The van der Waals surface area contributed by atoms with Gasteiger partial charge in [0.25, 0.3) is 0 Å². The van der Waals surface area contributed by atoms with Crippen LogP contribution in [0.5, 0.6) is 17.2 Å². The molecular formula is C28H20O4. The summed E-state index contributed by atoms with van der Waals surface area (Å²) in [5.41, 5.74) is 3.37. The Kier molecular flexibility index (Phi) is 6.50. The normalized spacial score (nSPS) is 10.0. The van der Waals surface area contributed by atoms with Crippen molar-refractivity contribution in [2.75, 3.05) is 6.61 Å². The van der Waals surface area contributed by atoms with Crippen LogP contribution < -0.4 is 9.47 Å². The van der Waals surface area contributed by atoms with E-state index in [2.05, 4.69) is 36.1 Å². The predicted molar refractivity (Wildman–Crippen MR) is 124 cm³/mol. The molecule has 0 bridgehead atoms. The van der Waals surface area contributed by atoms with Gasteiger partial charge in [-0.25, -0.2) is 4.79 Å². The average Bonchev–Trinajstić information content (AvgIpc) is 2.84. The summed E-state index contributed by atoms with van der Waals surface area (Å²) in [4.78, 5) is 11.2. The number of ether oxygens (including phenoxy) is 2.